The highest BCUT2D eigenvalue weighted by atomic mass is 32.1. The first-order valence-electron chi connectivity index (χ1n) is 8.00. The van der Waals surface area contributed by atoms with E-state index >= 15 is 0 Å². The van der Waals surface area contributed by atoms with Crippen molar-refractivity contribution in [3.63, 3.8) is 0 Å². The predicted molar refractivity (Wildman–Crippen MR) is 96.0 cm³/mol. The molecule has 1 saturated heterocycles. The van der Waals surface area contributed by atoms with Gasteiger partial charge in [0.2, 0.25) is 5.91 Å². The second kappa shape index (κ2) is 7.68. The smallest absolute Gasteiger partial charge is 0.238 e. The summed E-state index contributed by atoms with van der Waals surface area (Å²) in [6, 6.07) is 9.94. The molecule has 0 aliphatic carbocycles. The lowest BCUT2D eigenvalue weighted by Crippen LogP contribution is -2.32. The van der Waals surface area contributed by atoms with Crippen LogP contribution in [0.4, 0.5) is 5.69 Å². The van der Waals surface area contributed by atoms with Gasteiger partial charge in [-0.25, -0.2) is 0 Å². The molecule has 1 aromatic heterocycles. The summed E-state index contributed by atoms with van der Waals surface area (Å²) in [6.45, 7) is 1.33. The summed E-state index contributed by atoms with van der Waals surface area (Å²) in [5, 5.41) is 5.04. The van der Waals surface area contributed by atoms with Crippen molar-refractivity contribution in [2.24, 2.45) is 0 Å². The Hall–Kier alpha value is -2.05. The van der Waals surface area contributed by atoms with Gasteiger partial charge in [0.15, 0.2) is 0 Å². The molecule has 1 amide bonds. The van der Waals surface area contributed by atoms with Crippen LogP contribution < -0.4 is 14.8 Å². The molecule has 1 N–H and O–H groups in total. The molecule has 0 bridgehead atoms. The first-order valence-corrected chi connectivity index (χ1v) is 8.88. The molecule has 2 heterocycles. The van der Waals surface area contributed by atoms with E-state index in [1.807, 2.05) is 6.07 Å². The van der Waals surface area contributed by atoms with Gasteiger partial charge in [-0.05, 0) is 43.0 Å². The number of ether oxygens (including phenoxy) is 2. The van der Waals surface area contributed by atoms with Crippen LogP contribution in [-0.4, -0.2) is 38.1 Å². The average Bonchev–Trinajstić information content (AvgIpc) is 3.25. The van der Waals surface area contributed by atoms with E-state index in [0.29, 0.717) is 29.8 Å². The van der Waals surface area contributed by atoms with Crippen LogP contribution in [-0.2, 0) is 4.79 Å². The van der Waals surface area contributed by atoms with Gasteiger partial charge in [-0.15, -0.1) is 11.3 Å². The summed E-state index contributed by atoms with van der Waals surface area (Å²) in [5.74, 6) is 1.27. The van der Waals surface area contributed by atoms with Gasteiger partial charge in [-0.2, -0.15) is 0 Å². The second-order valence-corrected chi connectivity index (χ2v) is 6.74. The normalized spacial score (nSPS) is 17.7. The summed E-state index contributed by atoms with van der Waals surface area (Å²) < 4.78 is 10.5. The number of amides is 1. The number of anilines is 1. The third-order valence-electron chi connectivity index (χ3n) is 4.26. The molecular formula is C18H22N2O3S. The van der Waals surface area contributed by atoms with Crippen LogP contribution >= 0.6 is 11.3 Å². The molecule has 24 heavy (non-hydrogen) atoms. The van der Waals surface area contributed by atoms with Crippen LogP contribution in [0.1, 0.15) is 23.8 Å². The average molecular weight is 346 g/mol. The highest BCUT2D eigenvalue weighted by molar-refractivity contribution is 7.10. The van der Waals surface area contributed by atoms with Crippen LogP contribution in [0, 0.1) is 0 Å². The number of hydrogen-bond donors (Lipinski definition) is 1. The fraction of sp³-hybridized carbons (Fsp3) is 0.389. The van der Waals surface area contributed by atoms with E-state index in [-0.39, 0.29) is 5.91 Å². The van der Waals surface area contributed by atoms with Crippen molar-refractivity contribution in [1.29, 1.82) is 0 Å². The van der Waals surface area contributed by atoms with Crippen LogP contribution in [0.3, 0.4) is 0 Å². The second-order valence-electron chi connectivity index (χ2n) is 5.76. The fourth-order valence-electron chi connectivity index (χ4n) is 3.10. The van der Waals surface area contributed by atoms with Gasteiger partial charge in [0.05, 0.1) is 26.5 Å². The van der Waals surface area contributed by atoms with E-state index in [1.54, 1.807) is 37.7 Å². The molecule has 1 aliphatic rings. The maximum Gasteiger partial charge on any atom is 0.238 e. The fourth-order valence-corrected chi connectivity index (χ4v) is 4.00. The van der Waals surface area contributed by atoms with Gasteiger partial charge in [0.25, 0.3) is 0 Å². The minimum Gasteiger partial charge on any atom is -0.497 e. The van der Waals surface area contributed by atoms with E-state index in [4.69, 9.17) is 9.47 Å². The third-order valence-corrected chi connectivity index (χ3v) is 5.24. The Bertz CT molecular complexity index is 688. The molecule has 2 aromatic rings. The minimum absolute atomic E-state index is 0.0370. The van der Waals surface area contributed by atoms with Crippen molar-refractivity contribution >= 4 is 22.9 Å². The highest BCUT2D eigenvalue weighted by Crippen LogP contribution is 2.34. The molecule has 0 radical (unpaired) electrons. The van der Waals surface area contributed by atoms with Crippen molar-refractivity contribution in [3.8, 4) is 11.5 Å². The molecule has 1 fully saturated rings. The van der Waals surface area contributed by atoms with Crippen molar-refractivity contribution in [2.75, 3.05) is 32.6 Å². The van der Waals surface area contributed by atoms with Gasteiger partial charge < -0.3 is 14.8 Å². The van der Waals surface area contributed by atoms with E-state index < -0.39 is 0 Å². The zero-order valence-corrected chi connectivity index (χ0v) is 14.8. The summed E-state index contributed by atoms with van der Waals surface area (Å²) in [6.07, 6.45) is 2.23. The van der Waals surface area contributed by atoms with E-state index in [0.717, 1.165) is 19.4 Å². The molecule has 1 aliphatic heterocycles. The number of methoxy groups -OCH3 is 2. The van der Waals surface area contributed by atoms with Crippen molar-refractivity contribution in [2.45, 2.75) is 18.9 Å². The lowest BCUT2D eigenvalue weighted by molar-refractivity contribution is -0.117. The standard InChI is InChI=1S/C18H22N2O3S/c1-22-13-7-8-16(23-2)14(11-13)19-18(21)12-20-9-3-5-15(20)17-6-4-10-24-17/h4,6-8,10-11,15H,3,5,9,12H2,1-2H3,(H,19,21)/t15-/m1/s1. The zero-order chi connectivity index (χ0) is 16.9. The number of nitrogens with one attached hydrogen (secondary N) is 1. The first kappa shape index (κ1) is 16.8. The SMILES string of the molecule is COc1ccc(OC)c(NC(=O)CN2CCC[C@@H]2c2cccs2)c1. The van der Waals surface area contributed by atoms with Crippen LogP contribution in [0.5, 0.6) is 11.5 Å². The molecule has 5 nitrogen and oxygen atoms in total. The minimum atomic E-state index is -0.0370. The van der Waals surface area contributed by atoms with Crippen LogP contribution in [0.2, 0.25) is 0 Å². The Labute approximate surface area is 146 Å². The van der Waals surface area contributed by atoms with E-state index in [1.165, 1.54) is 4.88 Å². The number of benzene rings is 1. The van der Waals surface area contributed by atoms with Gasteiger partial charge >= 0.3 is 0 Å². The molecule has 0 unspecified atom stereocenters. The summed E-state index contributed by atoms with van der Waals surface area (Å²) in [7, 11) is 3.19. The Kier molecular flexibility index (Phi) is 5.37. The molecule has 0 spiro atoms. The number of rotatable bonds is 6. The highest BCUT2D eigenvalue weighted by Gasteiger charge is 2.28. The maximum atomic E-state index is 12.5. The summed E-state index contributed by atoms with van der Waals surface area (Å²) in [4.78, 5) is 16.1. The number of nitrogens with zero attached hydrogens (tertiary/aromatic N) is 1. The van der Waals surface area contributed by atoms with Gasteiger partial charge in [-0.1, -0.05) is 6.07 Å². The topological polar surface area (TPSA) is 50.8 Å². The largest absolute Gasteiger partial charge is 0.497 e. The van der Waals surface area contributed by atoms with Gasteiger partial charge in [-0.3, -0.25) is 9.69 Å². The Morgan fingerprint density at radius 1 is 1.33 bits per heavy atom. The van der Waals surface area contributed by atoms with Gasteiger partial charge in [0, 0.05) is 17.0 Å². The number of carbonyl (C=O) groups is 1. The van der Waals surface area contributed by atoms with E-state index in [2.05, 4.69) is 27.7 Å². The van der Waals surface area contributed by atoms with Crippen molar-refractivity contribution in [1.82, 2.24) is 4.90 Å². The molecule has 1 aromatic carbocycles. The van der Waals surface area contributed by atoms with Gasteiger partial charge in [0.1, 0.15) is 11.5 Å². The molecular weight excluding hydrogens is 324 g/mol. The summed E-state index contributed by atoms with van der Waals surface area (Å²) in [5.41, 5.74) is 0.633. The lowest BCUT2D eigenvalue weighted by atomic mass is 10.2. The predicted octanol–water partition coefficient (Wildman–Crippen LogP) is 3.54. The maximum absolute atomic E-state index is 12.5. The van der Waals surface area contributed by atoms with Crippen molar-refractivity contribution < 1.29 is 14.3 Å². The molecule has 128 valence electrons. The number of likely N-dealkylation sites (tertiary alicyclic amines) is 1. The molecule has 1 atom stereocenters. The number of hydrogen-bond acceptors (Lipinski definition) is 5. The third kappa shape index (κ3) is 3.71. The van der Waals surface area contributed by atoms with Crippen LogP contribution in [0.25, 0.3) is 0 Å². The Morgan fingerprint density at radius 3 is 2.92 bits per heavy atom. The Balaban J connectivity index is 1.67. The quantitative estimate of drug-likeness (QED) is 0.869. The Morgan fingerprint density at radius 2 is 2.21 bits per heavy atom. The number of thiophene rings is 1. The lowest BCUT2D eigenvalue weighted by Gasteiger charge is -2.23. The van der Waals surface area contributed by atoms with E-state index in [9.17, 15) is 4.79 Å². The van der Waals surface area contributed by atoms with Crippen LogP contribution in [0.15, 0.2) is 35.7 Å². The van der Waals surface area contributed by atoms with Crippen molar-refractivity contribution in [3.05, 3.63) is 40.6 Å². The molecule has 0 saturated carbocycles. The molecule has 6 heteroatoms. The first-order chi connectivity index (χ1) is 11.7. The molecule has 3 rings (SSSR count). The monoisotopic (exact) mass is 346 g/mol. The number of carbonyl (C=O) groups excluding carboxylic acids is 1. The summed E-state index contributed by atoms with van der Waals surface area (Å²) >= 11 is 1.76. The zero-order valence-electron chi connectivity index (χ0n) is 14.0.